The molecule has 0 radical (unpaired) electrons. The van der Waals surface area contributed by atoms with Crippen molar-refractivity contribution in [3.63, 3.8) is 0 Å². The first-order valence-corrected chi connectivity index (χ1v) is 12.7. The fourth-order valence-electron chi connectivity index (χ4n) is 2.85. The van der Waals surface area contributed by atoms with Gasteiger partial charge in [-0.1, -0.05) is 0 Å². The molecule has 0 fully saturated rings. The van der Waals surface area contributed by atoms with Crippen molar-refractivity contribution in [1.29, 1.82) is 10.5 Å². The smallest absolute Gasteiger partial charge is 1.00 e. The average Bonchev–Trinajstić information content (AvgIpc) is 2.84. The second-order valence-electron chi connectivity index (χ2n) is 6.92. The number of nitrogens with zero attached hydrogens (tertiary/aromatic N) is 3. The van der Waals surface area contributed by atoms with Crippen molar-refractivity contribution < 1.29 is 54.7 Å². The fourth-order valence-corrected chi connectivity index (χ4v) is 4.01. The van der Waals surface area contributed by atoms with E-state index in [0.29, 0.717) is 27.7 Å². The van der Waals surface area contributed by atoms with Crippen LogP contribution >= 0.6 is 23.5 Å². The molecule has 0 bridgehead atoms. The van der Waals surface area contributed by atoms with Gasteiger partial charge in [0, 0.05) is 38.2 Å². The van der Waals surface area contributed by atoms with Gasteiger partial charge in [0.1, 0.15) is 29.0 Å². The zero-order chi connectivity index (χ0) is 26.5. The van der Waals surface area contributed by atoms with E-state index in [1.54, 1.807) is 18.4 Å². The van der Waals surface area contributed by atoms with Crippen LogP contribution in [0.4, 0.5) is 0 Å². The number of nitriles is 2. The van der Waals surface area contributed by atoms with Gasteiger partial charge in [-0.05, 0) is 38.5 Å². The number of hydrogen-bond donors (Lipinski definition) is 1. The van der Waals surface area contributed by atoms with Crippen molar-refractivity contribution in [2.24, 2.45) is 0 Å². The second-order valence-corrected chi connectivity index (χ2v) is 8.62. The summed E-state index contributed by atoms with van der Waals surface area (Å²) in [7, 11) is 6.03. The van der Waals surface area contributed by atoms with Crippen LogP contribution in [0.3, 0.4) is 0 Å². The van der Waals surface area contributed by atoms with Gasteiger partial charge in [-0.15, -0.1) is 23.5 Å². The third kappa shape index (κ3) is 9.38. The first kappa shape index (κ1) is 34.4. The largest absolute Gasteiger partial charge is 1.00 e. The van der Waals surface area contributed by atoms with Crippen LogP contribution in [0.15, 0.2) is 26.7 Å². The standard InChI is InChI=1S/C13H18N2O3S.C10H12N2O3S.Na.H/c1-8(2)18-12-9(7-14)11(19-5)6-10(15-12)13(16-3)17-4;1-14-10(15-2)7-4-8(16-3)6(5-11)9(13)12-7;;/h6,8,13H,1-5H3;4,10H,1-3H3,(H,12,13);;/q;;+1;-1. The Morgan fingerprint density at radius 1 is 0.917 bits per heavy atom. The summed E-state index contributed by atoms with van der Waals surface area (Å²) in [6, 6.07) is 7.47. The van der Waals surface area contributed by atoms with Crippen molar-refractivity contribution in [3.8, 4) is 18.0 Å². The molecule has 2 heterocycles. The van der Waals surface area contributed by atoms with Gasteiger partial charge < -0.3 is 30.1 Å². The summed E-state index contributed by atoms with van der Waals surface area (Å²) < 4.78 is 26.0. The summed E-state index contributed by atoms with van der Waals surface area (Å²) in [5, 5.41) is 18.1. The minimum absolute atomic E-state index is 0. The molecule has 0 amide bonds. The number of pyridine rings is 2. The van der Waals surface area contributed by atoms with Crippen molar-refractivity contribution in [1.82, 2.24) is 9.97 Å². The van der Waals surface area contributed by atoms with Crippen LogP contribution in [0.25, 0.3) is 0 Å². The second kappa shape index (κ2) is 17.8. The summed E-state index contributed by atoms with van der Waals surface area (Å²) >= 11 is 2.79. The van der Waals surface area contributed by atoms with E-state index in [1.807, 2.05) is 26.2 Å². The summed E-state index contributed by atoms with van der Waals surface area (Å²) in [6.07, 6.45) is 2.43. The Bertz CT molecular complexity index is 1120. The first-order valence-electron chi connectivity index (χ1n) is 10.2. The number of methoxy groups -OCH3 is 4. The average molecular weight is 547 g/mol. The first-order chi connectivity index (χ1) is 16.7. The molecule has 1 N–H and O–H groups in total. The third-order valence-electron chi connectivity index (χ3n) is 4.35. The van der Waals surface area contributed by atoms with E-state index in [1.165, 1.54) is 52.0 Å². The minimum atomic E-state index is -0.633. The van der Waals surface area contributed by atoms with E-state index < -0.39 is 18.1 Å². The van der Waals surface area contributed by atoms with E-state index in [9.17, 15) is 10.1 Å². The summed E-state index contributed by atoms with van der Waals surface area (Å²) in [5.74, 6) is 0.318. The van der Waals surface area contributed by atoms with Crippen LogP contribution in [0.5, 0.6) is 5.88 Å². The molecule has 0 atom stereocenters. The summed E-state index contributed by atoms with van der Waals surface area (Å²) in [5.41, 5.74) is 1.21. The zero-order valence-corrected chi connectivity index (χ0v) is 25.6. The third-order valence-corrected chi connectivity index (χ3v) is 5.87. The van der Waals surface area contributed by atoms with Crippen LogP contribution in [-0.2, 0) is 18.9 Å². The molecular weight excluding hydrogens is 515 g/mol. The van der Waals surface area contributed by atoms with Crippen LogP contribution < -0.4 is 39.9 Å². The van der Waals surface area contributed by atoms with E-state index in [2.05, 4.69) is 16.0 Å². The van der Waals surface area contributed by atoms with Gasteiger partial charge in [0.15, 0.2) is 6.29 Å². The van der Waals surface area contributed by atoms with E-state index in [0.717, 1.165) is 4.90 Å². The van der Waals surface area contributed by atoms with Crippen molar-refractivity contribution in [3.05, 3.63) is 45.0 Å². The molecule has 2 rings (SSSR count). The van der Waals surface area contributed by atoms with Gasteiger partial charge in [0.2, 0.25) is 12.2 Å². The van der Waals surface area contributed by atoms with Gasteiger partial charge in [-0.2, -0.15) is 10.5 Å². The molecule has 0 saturated carbocycles. The van der Waals surface area contributed by atoms with Gasteiger partial charge in [-0.25, -0.2) is 4.98 Å². The van der Waals surface area contributed by atoms with Crippen LogP contribution in [0, 0.1) is 22.7 Å². The number of thioether (sulfide) groups is 2. The maximum absolute atomic E-state index is 11.6. The number of aromatic amines is 1. The monoisotopic (exact) mass is 546 g/mol. The zero-order valence-electron chi connectivity index (χ0n) is 23.0. The molecule has 0 aromatic carbocycles. The Morgan fingerprint density at radius 2 is 1.42 bits per heavy atom. The quantitative estimate of drug-likeness (QED) is 0.261. The van der Waals surface area contributed by atoms with E-state index in [-0.39, 0.29) is 42.7 Å². The van der Waals surface area contributed by atoms with Gasteiger partial charge in [-0.3, -0.25) is 4.79 Å². The SMILES string of the molecule is COC(OC)c1cc(SC)c(C#N)c(=O)[nH]1.COC(OC)c1cc(SC)c(C#N)c(OC(C)C)n1.[H-].[Na+]. The predicted octanol–water partition coefficient (Wildman–Crippen LogP) is 1.13. The topological polar surface area (TPSA) is 139 Å². The minimum Gasteiger partial charge on any atom is -1.00 e. The van der Waals surface area contributed by atoms with E-state index in [4.69, 9.17) is 28.9 Å². The summed E-state index contributed by atoms with van der Waals surface area (Å²) in [6.45, 7) is 3.77. The number of hydrogen-bond acceptors (Lipinski definition) is 11. The van der Waals surface area contributed by atoms with Crippen LogP contribution in [0.2, 0.25) is 0 Å². The van der Waals surface area contributed by atoms with Gasteiger partial charge in [0.25, 0.3) is 5.56 Å². The summed E-state index contributed by atoms with van der Waals surface area (Å²) in [4.78, 5) is 19.9. The molecule has 0 aliphatic heterocycles. The molecule has 0 unspecified atom stereocenters. The number of rotatable bonds is 10. The fraction of sp³-hybridized carbons (Fsp3) is 0.478. The molecule has 36 heavy (non-hydrogen) atoms. The Hall–Kier alpha value is -1.58. The van der Waals surface area contributed by atoms with Crippen molar-refractivity contribution in [2.45, 2.75) is 42.3 Å². The number of aromatic nitrogens is 2. The Labute approximate surface area is 243 Å². The van der Waals surface area contributed by atoms with Crippen molar-refractivity contribution in [2.75, 3.05) is 41.0 Å². The predicted molar refractivity (Wildman–Crippen MR) is 135 cm³/mol. The molecule has 2 aromatic heterocycles. The van der Waals surface area contributed by atoms with Crippen molar-refractivity contribution >= 4 is 23.5 Å². The van der Waals surface area contributed by atoms with Crippen LogP contribution in [0.1, 0.15) is 50.4 Å². The van der Waals surface area contributed by atoms with Gasteiger partial charge in [0.05, 0.1) is 11.8 Å². The molecule has 0 aliphatic rings. The number of nitrogens with one attached hydrogen (secondary N) is 1. The van der Waals surface area contributed by atoms with E-state index >= 15 is 0 Å². The maximum atomic E-state index is 11.6. The Kier molecular flexibility index (Phi) is 17.0. The molecule has 10 nitrogen and oxygen atoms in total. The number of H-pyrrole nitrogens is 1. The molecule has 0 saturated heterocycles. The maximum Gasteiger partial charge on any atom is 1.00 e. The Balaban J connectivity index is 0. The normalized spacial score (nSPS) is 10.4. The van der Waals surface area contributed by atoms with Crippen LogP contribution in [-0.4, -0.2) is 57.0 Å². The molecule has 2 aromatic rings. The number of ether oxygens (including phenoxy) is 5. The molecular formula is C23H31N4NaO6S2. The molecule has 192 valence electrons. The molecule has 0 spiro atoms. The Morgan fingerprint density at radius 3 is 1.83 bits per heavy atom. The molecule has 0 aliphatic carbocycles. The van der Waals surface area contributed by atoms with Gasteiger partial charge >= 0.3 is 29.6 Å². The molecule has 13 heteroatoms.